The van der Waals surface area contributed by atoms with E-state index in [4.69, 9.17) is 16.3 Å². The van der Waals surface area contributed by atoms with Gasteiger partial charge in [-0.05, 0) is 25.0 Å². The molecule has 1 saturated carbocycles. The van der Waals surface area contributed by atoms with Crippen molar-refractivity contribution in [2.75, 3.05) is 39.3 Å². The maximum atomic E-state index is 13.1. The SMILES string of the molecule is O=C(CN1CCN(C(=O)COc2ccc(F)c(Cl)c2)CC1)NC1CC1. The van der Waals surface area contributed by atoms with Gasteiger partial charge >= 0.3 is 0 Å². The standard InChI is InChI=1S/C17H21ClFN3O3/c18-14-9-13(3-4-15(14)19)25-11-17(24)22-7-5-21(6-8-22)10-16(23)20-12-1-2-12/h3-4,9,12H,1-2,5-8,10-11H2,(H,20,23). The zero-order chi connectivity index (χ0) is 17.8. The van der Waals surface area contributed by atoms with Gasteiger partial charge in [-0.15, -0.1) is 0 Å². The molecule has 2 fully saturated rings. The lowest BCUT2D eigenvalue weighted by Gasteiger charge is -2.34. The molecule has 25 heavy (non-hydrogen) atoms. The van der Waals surface area contributed by atoms with E-state index in [9.17, 15) is 14.0 Å². The third kappa shape index (κ3) is 5.31. The normalized spacial score (nSPS) is 18.1. The molecule has 1 aromatic rings. The Morgan fingerprint density at radius 1 is 1.24 bits per heavy atom. The Bertz CT molecular complexity index is 646. The molecule has 0 aromatic heterocycles. The van der Waals surface area contributed by atoms with E-state index in [1.807, 2.05) is 4.90 Å². The van der Waals surface area contributed by atoms with Gasteiger partial charge in [0, 0.05) is 38.3 Å². The number of ether oxygens (including phenoxy) is 1. The van der Waals surface area contributed by atoms with E-state index in [1.54, 1.807) is 4.90 Å². The summed E-state index contributed by atoms with van der Waals surface area (Å²) in [7, 11) is 0. The van der Waals surface area contributed by atoms with Crippen molar-refractivity contribution in [1.29, 1.82) is 0 Å². The van der Waals surface area contributed by atoms with Crippen LogP contribution in [0.25, 0.3) is 0 Å². The molecular formula is C17H21ClFN3O3. The van der Waals surface area contributed by atoms with Crippen LogP contribution in [0.3, 0.4) is 0 Å². The quantitative estimate of drug-likeness (QED) is 0.820. The number of amides is 2. The van der Waals surface area contributed by atoms with Crippen LogP contribution in [-0.4, -0.2) is 67.0 Å². The molecule has 2 aliphatic rings. The number of rotatable bonds is 6. The predicted octanol–water partition coefficient (Wildman–Crippen LogP) is 1.28. The van der Waals surface area contributed by atoms with Crippen molar-refractivity contribution in [3.63, 3.8) is 0 Å². The summed E-state index contributed by atoms with van der Waals surface area (Å²) in [6, 6.07) is 4.35. The number of hydrogen-bond donors (Lipinski definition) is 1. The van der Waals surface area contributed by atoms with Crippen LogP contribution < -0.4 is 10.1 Å². The zero-order valence-corrected chi connectivity index (χ0v) is 14.6. The van der Waals surface area contributed by atoms with Crippen LogP contribution in [-0.2, 0) is 9.59 Å². The highest BCUT2D eigenvalue weighted by Gasteiger charge is 2.26. The maximum absolute atomic E-state index is 13.1. The monoisotopic (exact) mass is 369 g/mol. The van der Waals surface area contributed by atoms with Crippen molar-refractivity contribution < 1.29 is 18.7 Å². The van der Waals surface area contributed by atoms with E-state index in [2.05, 4.69) is 5.32 Å². The number of hydrogen-bond acceptors (Lipinski definition) is 4. The fourth-order valence-corrected chi connectivity index (χ4v) is 2.83. The highest BCUT2D eigenvalue weighted by molar-refractivity contribution is 6.30. The molecule has 0 spiro atoms. The maximum Gasteiger partial charge on any atom is 0.260 e. The molecule has 1 saturated heterocycles. The number of nitrogens with zero attached hydrogens (tertiary/aromatic N) is 2. The Labute approximate surface area is 150 Å². The second kappa shape index (κ2) is 8.01. The third-order valence-electron chi connectivity index (χ3n) is 4.29. The third-order valence-corrected chi connectivity index (χ3v) is 4.58. The van der Waals surface area contributed by atoms with Gasteiger partial charge in [-0.25, -0.2) is 4.39 Å². The number of benzene rings is 1. The van der Waals surface area contributed by atoms with Crippen LogP contribution in [0, 0.1) is 5.82 Å². The number of piperazine rings is 1. The van der Waals surface area contributed by atoms with Gasteiger partial charge in [0.25, 0.3) is 5.91 Å². The molecule has 0 atom stereocenters. The van der Waals surface area contributed by atoms with Crippen molar-refractivity contribution in [2.24, 2.45) is 0 Å². The van der Waals surface area contributed by atoms with Gasteiger partial charge in [-0.3, -0.25) is 14.5 Å². The Morgan fingerprint density at radius 3 is 2.60 bits per heavy atom. The van der Waals surface area contributed by atoms with Crippen molar-refractivity contribution in [3.05, 3.63) is 29.0 Å². The molecule has 136 valence electrons. The van der Waals surface area contributed by atoms with Crippen molar-refractivity contribution in [2.45, 2.75) is 18.9 Å². The summed E-state index contributed by atoms with van der Waals surface area (Å²) in [5.41, 5.74) is 0. The van der Waals surface area contributed by atoms with Crippen LogP contribution in [0.4, 0.5) is 4.39 Å². The van der Waals surface area contributed by atoms with E-state index in [1.165, 1.54) is 18.2 Å². The molecule has 2 amide bonds. The molecule has 0 unspecified atom stereocenters. The summed E-state index contributed by atoms with van der Waals surface area (Å²) >= 11 is 5.68. The number of carbonyl (C=O) groups is 2. The zero-order valence-electron chi connectivity index (χ0n) is 13.8. The van der Waals surface area contributed by atoms with Gasteiger partial charge in [-0.2, -0.15) is 0 Å². The van der Waals surface area contributed by atoms with Gasteiger partial charge in [0.2, 0.25) is 5.91 Å². The predicted molar refractivity (Wildman–Crippen MR) is 91.1 cm³/mol. The van der Waals surface area contributed by atoms with Crippen molar-refractivity contribution in [1.82, 2.24) is 15.1 Å². The van der Waals surface area contributed by atoms with Gasteiger partial charge < -0.3 is 15.0 Å². The summed E-state index contributed by atoms with van der Waals surface area (Å²) in [6.07, 6.45) is 2.15. The Morgan fingerprint density at radius 2 is 1.96 bits per heavy atom. The van der Waals surface area contributed by atoms with Crippen LogP contribution >= 0.6 is 11.6 Å². The highest BCUT2D eigenvalue weighted by atomic mass is 35.5. The molecule has 6 nitrogen and oxygen atoms in total. The minimum atomic E-state index is -0.526. The summed E-state index contributed by atoms with van der Waals surface area (Å²) in [5, 5.41) is 2.92. The van der Waals surface area contributed by atoms with E-state index < -0.39 is 5.82 Å². The van der Waals surface area contributed by atoms with E-state index in [0.29, 0.717) is 44.5 Å². The Hall–Kier alpha value is -1.86. The minimum Gasteiger partial charge on any atom is -0.484 e. The molecule has 0 radical (unpaired) electrons. The average Bonchev–Trinajstić information content (AvgIpc) is 3.40. The van der Waals surface area contributed by atoms with Gasteiger partial charge in [-0.1, -0.05) is 11.6 Å². The molecule has 1 heterocycles. The Balaban J connectivity index is 1.38. The van der Waals surface area contributed by atoms with Crippen molar-refractivity contribution in [3.8, 4) is 5.75 Å². The summed E-state index contributed by atoms with van der Waals surface area (Å²) in [4.78, 5) is 27.8. The Kier molecular flexibility index (Phi) is 5.75. The minimum absolute atomic E-state index is 0.0389. The lowest BCUT2D eigenvalue weighted by atomic mass is 10.3. The first-order valence-corrected chi connectivity index (χ1v) is 8.76. The first-order chi connectivity index (χ1) is 12.0. The van der Waals surface area contributed by atoms with Crippen LogP contribution in [0.2, 0.25) is 5.02 Å². The first-order valence-electron chi connectivity index (χ1n) is 8.38. The number of halogens is 2. The summed E-state index contributed by atoms with van der Waals surface area (Å²) in [5.74, 6) is -0.251. The van der Waals surface area contributed by atoms with Gasteiger partial charge in [0.15, 0.2) is 6.61 Å². The summed E-state index contributed by atoms with van der Waals surface area (Å²) in [6.45, 7) is 2.69. The molecular weight excluding hydrogens is 349 g/mol. The fraction of sp³-hybridized carbons (Fsp3) is 0.529. The molecule has 1 aromatic carbocycles. The highest BCUT2D eigenvalue weighted by Crippen LogP contribution is 2.21. The topological polar surface area (TPSA) is 61.9 Å². The van der Waals surface area contributed by atoms with E-state index in [-0.39, 0.29) is 23.4 Å². The fourth-order valence-electron chi connectivity index (χ4n) is 2.66. The van der Waals surface area contributed by atoms with E-state index >= 15 is 0 Å². The number of carbonyl (C=O) groups excluding carboxylic acids is 2. The van der Waals surface area contributed by atoms with Crippen molar-refractivity contribution >= 4 is 23.4 Å². The summed E-state index contributed by atoms with van der Waals surface area (Å²) < 4.78 is 18.5. The molecule has 1 aliphatic carbocycles. The van der Waals surface area contributed by atoms with E-state index in [0.717, 1.165) is 12.8 Å². The largest absolute Gasteiger partial charge is 0.484 e. The lowest BCUT2D eigenvalue weighted by Crippen LogP contribution is -2.52. The second-order valence-corrected chi connectivity index (χ2v) is 6.77. The van der Waals surface area contributed by atoms with Gasteiger partial charge in [0.1, 0.15) is 11.6 Å². The smallest absolute Gasteiger partial charge is 0.260 e. The van der Waals surface area contributed by atoms with Crippen LogP contribution in [0.5, 0.6) is 5.75 Å². The molecule has 1 N–H and O–H groups in total. The second-order valence-electron chi connectivity index (χ2n) is 6.36. The molecule has 8 heteroatoms. The molecule has 0 bridgehead atoms. The van der Waals surface area contributed by atoms with Crippen LogP contribution in [0.1, 0.15) is 12.8 Å². The lowest BCUT2D eigenvalue weighted by molar-refractivity contribution is -0.135. The molecule has 3 rings (SSSR count). The molecule has 1 aliphatic heterocycles. The first kappa shape index (κ1) is 17.9. The average molecular weight is 370 g/mol. The van der Waals surface area contributed by atoms with Gasteiger partial charge in [0.05, 0.1) is 11.6 Å². The number of nitrogens with one attached hydrogen (secondary N) is 1. The van der Waals surface area contributed by atoms with Crippen LogP contribution in [0.15, 0.2) is 18.2 Å².